The van der Waals surface area contributed by atoms with Crippen molar-refractivity contribution in [3.8, 4) is 5.75 Å². The molecule has 4 heteroatoms. The second-order valence-electron chi connectivity index (χ2n) is 6.90. The Kier molecular flexibility index (Phi) is 4.93. The Bertz CT molecular complexity index is 614. The number of esters is 1. The quantitative estimate of drug-likeness (QED) is 0.525. The predicted octanol–water partition coefficient (Wildman–Crippen LogP) is 5.62. The minimum Gasteiger partial charge on any atom is -0.426 e. The number of carbonyl (C=O) groups excluding carboxylic acids is 1. The first kappa shape index (κ1) is 17.4. The van der Waals surface area contributed by atoms with Crippen molar-refractivity contribution in [1.82, 2.24) is 0 Å². The van der Waals surface area contributed by atoms with Crippen molar-refractivity contribution >= 4 is 29.2 Å². The van der Waals surface area contributed by atoms with Gasteiger partial charge >= 0.3 is 5.97 Å². The van der Waals surface area contributed by atoms with E-state index in [0.29, 0.717) is 11.7 Å². The Morgan fingerprint density at radius 2 is 1.95 bits per heavy atom. The number of halogens is 2. The largest absolute Gasteiger partial charge is 0.426 e. The molecule has 0 unspecified atom stereocenters. The van der Waals surface area contributed by atoms with E-state index in [1.165, 1.54) is 0 Å². The number of carbonyl (C=O) groups is 1. The van der Waals surface area contributed by atoms with Crippen LogP contribution in [-0.4, -0.2) is 5.97 Å². The van der Waals surface area contributed by atoms with E-state index in [2.05, 4.69) is 13.8 Å². The van der Waals surface area contributed by atoms with Crippen LogP contribution in [0.3, 0.4) is 0 Å². The minimum atomic E-state index is -0.215. The molecule has 0 radical (unpaired) electrons. The summed E-state index contributed by atoms with van der Waals surface area (Å²) in [6.07, 6.45) is 1.73. The highest BCUT2D eigenvalue weighted by Crippen LogP contribution is 2.60. The molecule has 2 atom stereocenters. The van der Waals surface area contributed by atoms with Crippen LogP contribution in [0.25, 0.3) is 0 Å². The molecule has 0 spiro atoms. The average Bonchev–Trinajstić information content (AvgIpc) is 2.89. The zero-order valence-electron chi connectivity index (χ0n) is 13.6. The Labute approximate surface area is 142 Å². The molecule has 0 amide bonds. The second-order valence-corrected chi connectivity index (χ2v) is 7.91. The van der Waals surface area contributed by atoms with Crippen LogP contribution in [0.4, 0.5) is 0 Å². The van der Waals surface area contributed by atoms with Gasteiger partial charge in [-0.25, -0.2) is 0 Å². The molecule has 1 aliphatic rings. The van der Waals surface area contributed by atoms with Crippen LogP contribution >= 0.6 is 23.2 Å². The fourth-order valence-electron chi connectivity index (χ4n) is 2.95. The number of aryl methyl sites for hydroxylation is 1. The zero-order valence-corrected chi connectivity index (χ0v) is 15.1. The van der Waals surface area contributed by atoms with Crippen molar-refractivity contribution in [2.75, 3.05) is 0 Å². The molecule has 1 fully saturated rings. The van der Waals surface area contributed by atoms with Crippen molar-refractivity contribution < 1.29 is 9.53 Å². The molecule has 2 nitrogen and oxygen atoms in total. The summed E-state index contributed by atoms with van der Waals surface area (Å²) in [4.78, 5) is 12.5. The molecule has 22 heavy (non-hydrogen) atoms. The smallest absolute Gasteiger partial charge is 0.315 e. The summed E-state index contributed by atoms with van der Waals surface area (Å²) in [5, 5.41) is 0. The molecule has 0 heterocycles. The third kappa shape index (κ3) is 3.49. The van der Waals surface area contributed by atoms with Crippen molar-refractivity contribution in [2.45, 2.75) is 40.5 Å². The highest BCUT2D eigenvalue weighted by molar-refractivity contribution is 6.55. The fourth-order valence-corrected chi connectivity index (χ4v) is 3.22. The Hall–Kier alpha value is -0.990. The Morgan fingerprint density at radius 1 is 1.32 bits per heavy atom. The number of rotatable bonds is 4. The van der Waals surface area contributed by atoms with E-state index in [1.807, 2.05) is 39.0 Å². The van der Waals surface area contributed by atoms with Gasteiger partial charge in [-0.2, -0.15) is 0 Å². The fraction of sp³-hybridized carbons (Fsp3) is 0.500. The standard InChI is InChI=1S/C18H22Cl2O2/c1-10(2)12-7-6-11(3)8-14(12)22-17(21)16-13(9-15(19)20)18(16,4)5/h6-10,13,16H,1-5H3/t13-,16+/m1/s1. The van der Waals surface area contributed by atoms with E-state index in [9.17, 15) is 4.79 Å². The van der Waals surface area contributed by atoms with Crippen LogP contribution < -0.4 is 4.74 Å². The van der Waals surface area contributed by atoms with Crippen LogP contribution in [0.2, 0.25) is 0 Å². The van der Waals surface area contributed by atoms with E-state index in [0.717, 1.165) is 11.1 Å². The van der Waals surface area contributed by atoms with Gasteiger partial charge in [0.15, 0.2) is 0 Å². The number of allylic oxidation sites excluding steroid dienone is 1. The van der Waals surface area contributed by atoms with Crippen LogP contribution in [0, 0.1) is 24.2 Å². The molecule has 1 saturated carbocycles. The maximum atomic E-state index is 12.5. The maximum absolute atomic E-state index is 12.5. The van der Waals surface area contributed by atoms with Crippen LogP contribution in [0.1, 0.15) is 44.7 Å². The molecular weight excluding hydrogens is 319 g/mol. The van der Waals surface area contributed by atoms with Gasteiger partial charge in [0.1, 0.15) is 10.2 Å². The molecule has 0 saturated heterocycles. The SMILES string of the molecule is Cc1ccc(C(C)C)c(OC(=O)[C@@H]2[C@@H](C=C(Cl)Cl)C2(C)C)c1. The van der Waals surface area contributed by atoms with Crippen LogP contribution in [0.5, 0.6) is 5.75 Å². The van der Waals surface area contributed by atoms with Gasteiger partial charge in [-0.05, 0) is 47.4 Å². The first-order valence-corrected chi connectivity index (χ1v) is 8.25. The van der Waals surface area contributed by atoms with Gasteiger partial charge in [0, 0.05) is 0 Å². The van der Waals surface area contributed by atoms with Crippen molar-refractivity contribution in [3.05, 3.63) is 39.9 Å². The van der Waals surface area contributed by atoms with Gasteiger partial charge in [-0.3, -0.25) is 4.79 Å². The van der Waals surface area contributed by atoms with Gasteiger partial charge in [0.25, 0.3) is 0 Å². The lowest BCUT2D eigenvalue weighted by Gasteiger charge is -2.14. The maximum Gasteiger partial charge on any atom is 0.315 e. The highest BCUT2D eigenvalue weighted by Gasteiger charge is 2.61. The molecule has 120 valence electrons. The lowest BCUT2D eigenvalue weighted by Crippen LogP contribution is -2.15. The Morgan fingerprint density at radius 3 is 2.50 bits per heavy atom. The topological polar surface area (TPSA) is 26.3 Å². The van der Waals surface area contributed by atoms with Crippen LogP contribution in [-0.2, 0) is 4.79 Å². The van der Waals surface area contributed by atoms with E-state index < -0.39 is 0 Å². The minimum absolute atomic E-state index is 0.0253. The van der Waals surface area contributed by atoms with Gasteiger partial charge in [-0.15, -0.1) is 0 Å². The normalized spacial score (nSPS) is 22.4. The third-order valence-electron chi connectivity index (χ3n) is 4.47. The first-order chi connectivity index (χ1) is 10.1. The zero-order chi connectivity index (χ0) is 16.7. The number of ether oxygens (including phenoxy) is 1. The average molecular weight is 341 g/mol. The summed E-state index contributed by atoms with van der Waals surface area (Å²) >= 11 is 11.5. The molecular formula is C18H22Cl2O2. The molecule has 0 aromatic heterocycles. The monoisotopic (exact) mass is 340 g/mol. The summed E-state index contributed by atoms with van der Waals surface area (Å²) in [6.45, 7) is 10.2. The lowest BCUT2D eigenvalue weighted by atomic mass is 10.0. The summed E-state index contributed by atoms with van der Waals surface area (Å²) in [6, 6.07) is 5.97. The number of hydrogen-bond acceptors (Lipinski definition) is 2. The van der Waals surface area contributed by atoms with E-state index in [4.69, 9.17) is 27.9 Å². The molecule has 1 aliphatic carbocycles. The molecule has 2 rings (SSSR count). The van der Waals surface area contributed by atoms with Gasteiger partial charge in [0.2, 0.25) is 0 Å². The number of hydrogen-bond donors (Lipinski definition) is 0. The highest BCUT2D eigenvalue weighted by atomic mass is 35.5. The number of benzene rings is 1. The molecule has 0 aliphatic heterocycles. The third-order valence-corrected chi connectivity index (χ3v) is 4.72. The summed E-state index contributed by atoms with van der Waals surface area (Å²) < 4.78 is 5.91. The Balaban J connectivity index is 2.20. The molecule has 0 N–H and O–H groups in total. The first-order valence-electron chi connectivity index (χ1n) is 7.49. The summed E-state index contributed by atoms with van der Waals surface area (Å²) in [5.74, 6) is 0.553. The molecule has 1 aromatic rings. The lowest BCUT2D eigenvalue weighted by molar-refractivity contribution is -0.136. The summed E-state index contributed by atoms with van der Waals surface area (Å²) in [7, 11) is 0. The molecule has 1 aromatic carbocycles. The van der Waals surface area contributed by atoms with Crippen LogP contribution in [0.15, 0.2) is 28.8 Å². The van der Waals surface area contributed by atoms with E-state index >= 15 is 0 Å². The predicted molar refractivity (Wildman–Crippen MR) is 91.5 cm³/mol. The van der Waals surface area contributed by atoms with Gasteiger partial charge in [0.05, 0.1) is 5.92 Å². The van der Waals surface area contributed by atoms with E-state index in [1.54, 1.807) is 6.08 Å². The van der Waals surface area contributed by atoms with Gasteiger partial charge < -0.3 is 4.74 Å². The van der Waals surface area contributed by atoms with Crippen molar-refractivity contribution in [1.29, 1.82) is 0 Å². The van der Waals surface area contributed by atoms with E-state index in [-0.39, 0.29) is 27.7 Å². The van der Waals surface area contributed by atoms with Crippen molar-refractivity contribution in [3.63, 3.8) is 0 Å². The van der Waals surface area contributed by atoms with Gasteiger partial charge in [-0.1, -0.05) is 63.0 Å². The summed E-state index contributed by atoms with van der Waals surface area (Å²) in [5.41, 5.74) is 1.94. The van der Waals surface area contributed by atoms with Crippen molar-refractivity contribution in [2.24, 2.45) is 17.3 Å². The second kappa shape index (κ2) is 6.25. The molecule has 0 bridgehead atoms.